The molecule has 0 unspecified atom stereocenters. The van der Waals surface area contributed by atoms with Crippen molar-refractivity contribution in [3.05, 3.63) is 0 Å². The summed E-state index contributed by atoms with van der Waals surface area (Å²) in [5.41, 5.74) is 5.72. The predicted octanol–water partition coefficient (Wildman–Crippen LogP) is -0.647. The third-order valence-corrected chi connectivity index (χ3v) is 5.65. The van der Waals surface area contributed by atoms with E-state index >= 15 is 0 Å². The fraction of sp³-hybridized carbons (Fsp3) is 0.917. The zero-order valence-electron chi connectivity index (χ0n) is 11.8. The molecule has 20 heavy (non-hydrogen) atoms. The number of hydrogen-bond donors (Lipinski definition) is 2. The summed E-state index contributed by atoms with van der Waals surface area (Å²) in [4.78, 5) is 4.23. The van der Waals surface area contributed by atoms with Crippen molar-refractivity contribution in [2.45, 2.75) is 19.3 Å². The molecule has 7 nitrogen and oxygen atoms in total. The standard InChI is InChI=1S/C12H24N4O3S/c13-12(15-10-11-2-1-3-11)14-4-9-20(17,18)16-5-7-19-8-6-16/h11H,1-10H2,(H3,13,14,15). The van der Waals surface area contributed by atoms with Gasteiger partial charge in [0, 0.05) is 26.2 Å². The van der Waals surface area contributed by atoms with Gasteiger partial charge in [0.25, 0.3) is 0 Å². The lowest BCUT2D eigenvalue weighted by Gasteiger charge is -2.26. The number of ether oxygens (including phenoxy) is 1. The van der Waals surface area contributed by atoms with Gasteiger partial charge in [0.05, 0.1) is 19.0 Å². The first-order valence-electron chi connectivity index (χ1n) is 7.17. The van der Waals surface area contributed by atoms with Crippen LogP contribution in [0.5, 0.6) is 0 Å². The van der Waals surface area contributed by atoms with E-state index in [1.54, 1.807) is 0 Å². The molecule has 3 N–H and O–H groups in total. The number of nitrogens with two attached hydrogens (primary N) is 1. The minimum absolute atomic E-state index is 0.0344. The van der Waals surface area contributed by atoms with Gasteiger partial charge < -0.3 is 15.8 Å². The summed E-state index contributed by atoms with van der Waals surface area (Å²) in [6.07, 6.45) is 3.73. The number of rotatable bonds is 6. The molecule has 0 radical (unpaired) electrons. The van der Waals surface area contributed by atoms with Crippen LogP contribution < -0.4 is 11.1 Å². The van der Waals surface area contributed by atoms with Gasteiger partial charge in [-0.2, -0.15) is 4.31 Å². The van der Waals surface area contributed by atoms with Gasteiger partial charge in [0.2, 0.25) is 10.0 Å². The first kappa shape index (κ1) is 15.5. The Labute approximate surface area is 120 Å². The van der Waals surface area contributed by atoms with Gasteiger partial charge in [-0.3, -0.25) is 4.99 Å². The molecule has 1 heterocycles. The van der Waals surface area contributed by atoms with Crippen molar-refractivity contribution < 1.29 is 13.2 Å². The number of hydrogen-bond acceptors (Lipinski definition) is 4. The fourth-order valence-electron chi connectivity index (χ4n) is 2.22. The van der Waals surface area contributed by atoms with Gasteiger partial charge in [-0.25, -0.2) is 8.42 Å². The SMILES string of the molecule is NC(=NCC1CCC1)NCCS(=O)(=O)N1CCOCC1. The number of aliphatic imine (C=N–C) groups is 1. The minimum atomic E-state index is -3.22. The highest BCUT2D eigenvalue weighted by molar-refractivity contribution is 7.89. The zero-order valence-corrected chi connectivity index (χ0v) is 12.6. The Hall–Kier alpha value is -0.860. The van der Waals surface area contributed by atoms with Crippen LogP contribution >= 0.6 is 0 Å². The van der Waals surface area contributed by atoms with E-state index in [0.717, 1.165) is 6.54 Å². The Balaban J connectivity index is 1.68. The lowest BCUT2D eigenvalue weighted by molar-refractivity contribution is 0.0730. The summed E-state index contributed by atoms with van der Waals surface area (Å²) in [5, 5.41) is 2.87. The van der Waals surface area contributed by atoms with Crippen molar-refractivity contribution in [1.29, 1.82) is 0 Å². The summed E-state index contributed by atoms with van der Waals surface area (Å²) >= 11 is 0. The third kappa shape index (κ3) is 4.60. The number of guanidine groups is 1. The van der Waals surface area contributed by atoms with Gasteiger partial charge in [0.15, 0.2) is 5.96 Å². The van der Waals surface area contributed by atoms with E-state index in [1.807, 2.05) is 0 Å². The summed E-state index contributed by atoms with van der Waals surface area (Å²) in [7, 11) is -3.22. The fourth-order valence-corrected chi connectivity index (χ4v) is 3.54. The molecule has 1 aliphatic heterocycles. The summed E-state index contributed by atoms with van der Waals surface area (Å²) in [6.45, 7) is 2.85. The number of nitrogens with zero attached hydrogens (tertiary/aromatic N) is 2. The van der Waals surface area contributed by atoms with E-state index in [4.69, 9.17) is 10.5 Å². The molecule has 0 aromatic rings. The van der Waals surface area contributed by atoms with Crippen molar-refractivity contribution >= 4 is 16.0 Å². The zero-order chi connectivity index (χ0) is 14.4. The Kier molecular flexibility index (Phi) is 5.62. The molecule has 2 aliphatic rings. The van der Waals surface area contributed by atoms with Gasteiger partial charge >= 0.3 is 0 Å². The maximum absolute atomic E-state index is 12.0. The Bertz CT molecular complexity index is 428. The molecule has 2 fully saturated rings. The first-order chi connectivity index (χ1) is 9.58. The topological polar surface area (TPSA) is 97.0 Å². The molecule has 8 heteroatoms. The van der Waals surface area contributed by atoms with Gasteiger partial charge in [-0.15, -0.1) is 0 Å². The second-order valence-corrected chi connectivity index (χ2v) is 7.37. The maximum Gasteiger partial charge on any atom is 0.215 e. The molecule has 116 valence electrons. The molecular weight excluding hydrogens is 280 g/mol. The molecule has 1 saturated heterocycles. The quantitative estimate of drug-likeness (QED) is 0.502. The predicted molar refractivity (Wildman–Crippen MR) is 78.0 cm³/mol. The van der Waals surface area contributed by atoms with Gasteiger partial charge in [0.1, 0.15) is 0 Å². The summed E-state index contributed by atoms with van der Waals surface area (Å²) < 4.78 is 30.7. The van der Waals surface area contributed by atoms with E-state index in [0.29, 0.717) is 44.7 Å². The third-order valence-electron chi connectivity index (χ3n) is 3.77. The van der Waals surface area contributed by atoms with Crippen LogP contribution in [0.3, 0.4) is 0 Å². The molecule has 0 bridgehead atoms. The average Bonchev–Trinajstić information content (AvgIpc) is 2.38. The van der Waals surface area contributed by atoms with Gasteiger partial charge in [-0.1, -0.05) is 6.42 Å². The van der Waals surface area contributed by atoms with Crippen LogP contribution in [0.15, 0.2) is 4.99 Å². The van der Waals surface area contributed by atoms with Gasteiger partial charge in [-0.05, 0) is 18.8 Å². The highest BCUT2D eigenvalue weighted by Crippen LogP contribution is 2.26. The van der Waals surface area contributed by atoms with Crippen molar-refractivity contribution in [2.24, 2.45) is 16.6 Å². The minimum Gasteiger partial charge on any atom is -0.379 e. The summed E-state index contributed by atoms with van der Waals surface area (Å²) in [5.74, 6) is 1.04. The van der Waals surface area contributed by atoms with Crippen molar-refractivity contribution in [2.75, 3.05) is 45.1 Å². The van der Waals surface area contributed by atoms with E-state index < -0.39 is 10.0 Å². The second-order valence-electron chi connectivity index (χ2n) is 5.28. The van der Waals surface area contributed by atoms with E-state index in [9.17, 15) is 8.42 Å². The van der Waals surface area contributed by atoms with E-state index in [2.05, 4.69) is 10.3 Å². The molecule has 0 amide bonds. The Morgan fingerprint density at radius 1 is 1.35 bits per heavy atom. The smallest absolute Gasteiger partial charge is 0.215 e. The van der Waals surface area contributed by atoms with Crippen molar-refractivity contribution in [1.82, 2.24) is 9.62 Å². The monoisotopic (exact) mass is 304 g/mol. The highest BCUT2D eigenvalue weighted by Gasteiger charge is 2.23. The van der Waals surface area contributed by atoms with Crippen molar-refractivity contribution in [3.63, 3.8) is 0 Å². The highest BCUT2D eigenvalue weighted by atomic mass is 32.2. The molecule has 1 saturated carbocycles. The summed E-state index contributed by atoms with van der Waals surface area (Å²) in [6, 6.07) is 0. The average molecular weight is 304 g/mol. The van der Waals surface area contributed by atoms with Crippen LogP contribution in [0.2, 0.25) is 0 Å². The van der Waals surface area contributed by atoms with Crippen LogP contribution in [-0.4, -0.2) is 63.8 Å². The molecular formula is C12H24N4O3S. The normalized spacial score (nSPS) is 22.5. The maximum atomic E-state index is 12.0. The molecule has 1 aliphatic carbocycles. The number of morpholine rings is 1. The Morgan fingerprint density at radius 3 is 2.65 bits per heavy atom. The number of nitrogens with one attached hydrogen (secondary N) is 1. The van der Waals surface area contributed by atoms with E-state index in [-0.39, 0.29) is 5.75 Å². The van der Waals surface area contributed by atoms with Crippen LogP contribution in [0.4, 0.5) is 0 Å². The molecule has 0 spiro atoms. The lowest BCUT2D eigenvalue weighted by atomic mass is 9.86. The molecule has 0 aromatic carbocycles. The largest absolute Gasteiger partial charge is 0.379 e. The Morgan fingerprint density at radius 2 is 2.05 bits per heavy atom. The second kappa shape index (κ2) is 7.24. The van der Waals surface area contributed by atoms with E-state index in [1.165, 1.54) is 23.6 Å². The van der Waals surface area contributed by atoms with Crippen LogP contribution in [0, 0.1) is 5.92 Å². The molecule has 0 atom stereocenters. The van der Waals surface area contributed by atoms with Crippen LogP contribution in [0.25, 0.3) is 0 Å². The lowest BCUT2D eigenvalue weighted by Crippen LogP contribution is -2.44. The molecule has 2 rings (SSSR count). The number of sulfonamides is 1. The molecule has 0 aromatic heterocycles. The van der Waals surface area contributed by atoms with Crippen LogP contribution in [0.1, 0.15) is 19.3 Å². The first-order valence-corrected chi connectivity index (χ1v) is 8.78. The van der Waals surface area contributed by atoms with Crippen molar-refractivity contribution in [3.8, 4) is 0 Å². The van der Waals surface area contributed by atoms with Crippen LogP contribution in [-0.2, 0) is 14.8 Å².